The second-order valence-corrected chi connectivity index (χ2v) is 12.7. The van der Waals surface area contributed by atoms with Gasteiger partial charge in [-0.2, -0.15) is 0 Å². The molecule has 7 rings (SSSR count). The third kappa shape index (κ3) is 4.61. The Hall–Kier alpha value is -3.35. The average Bonchev–Trinajstić information content (AvgIpc) is 3.27. The van der Waals surface area contributed by atoms with E-state index in [1.54, 1.807) is 0 Å². The summed E-state index contributed by atoms with van der Waals surface area (Å²) in [6.45, 7) is 16.7. The Kier molecular flexibility index (Phi) is 6.79. The number of nitrogens with one attached hydrogen (secondary N) is 1. The van der Waals surface area contributed by atoms with Crippen LogP contribution in [0.5, 0.6) is 0 Å². The van der Waals surface area contributed by atoms with Gasteiger partial charge in [0.1, 0.15) is 0 Å². The molecule has 5 aliphatic heterocycles. The number of hydrogen-bond acceptors (Lipinski definition) is 5. The molecule has 0 aromatic heterocycles. The number of nitrogens with zero attached hydrogens (tertiary/aromatic N) is 3. The van der Waals surface area contributed by atoms with Crippen LogP contribution in [0.25, 0.3) is 0 Å². The molecule has 6 nitrogen and oxygen atoms in total. The van der Waals surface area contributed by atoms with Crippen molar-refractivity contribution in [3.05, 3.63) is 95.5 Å². The van der Waals surface area contributed by atoms with E-state index in [-0.39, 0.29) is 11.9 Å². The van der Waals surface area contributed by atoms with Gasteiger partial charge in [-0.1, -0.05) is 49.6 Å². The Morgan fingerprint density at radius 1 is 1.10 bits per heavy atom. The van der Waals surface area contributed by atoms with Crippen molar-refractivity contribution in [1.82, 2.24) is 9.80 Å². The Morgan fingerprint density at radius 2 is 1.83 bits per heavy atom. The number of fused-ring (bicyclic) bond motifs is 4. The van der Waals surface area contributed by atoms with E-state index in [0.29, 0.717) is 11.3 Å². The molecule has 1 atom stereocenters. The molecule has 1 amide bonds. The summed E-state index contributed by atoms with van der Waals surface area (Å²) in [6.07, 6.45) is 8.64. The van der Waals surface area contributed by atoms with Gasteiger partial charge in [0.05, 0.1) is 28.8 Å². The van der Waals surface area contributed by atoms with Crippen LogP contribution in [0.2, 0.25) is 0 Å². The number of piperidine rings is 2. The van der Waals surface area contributed by atoms with Crippen LogP contribution in [0.3, 0.4) is 0 Å². The molecule has 214 valence electrons. The van der Waals surface area contributed by atoms with Crippen molar-refractivity contribution < 1.29 is 9.53 Å². The van der Waals surface area contributed by atoms with Crippen LogP contribution in [-0.2, 0) is 11.3 Å². The van der Waals surface area contributed by atoms with Crippen LogP contribution >= 0.6 is 0 Å². The summed E-state index contributed by atoms with van der Waals surface area (Å²) < 4.78 is 5.65. The van der Waals surface area contributed by atoms with Gasteiger partial charge in [-0.15, -0.1) is 0 Å². The lowest BCUT2D eigenvalue weighted by Crippen LogP contribution is -2.47. The zero-order valence-electron chi connectivity index (χ0n) is 24.3. The summed E-state index contributed by atoms with van der Waals surface area (Å²) in [4.78, 5) is 20.8. The molecule has 0 radical (unpaired) electrons. The van der Waals surface area contributed by atoms with E-state index in [2.05, 4.69) is 88.6 Å². The number of rotatable bonds is 4. The summed E-state index contributed by atoms with van der Waals surface area (Å²) >= 11 is 0. The van der Waals surface area contributed by atoms with Gasteiger partial charge in [-0.3, -0.25) is 9.69 Å². The Balaban J connectivity index is 1.17. The minimum Gasteiger partial charge on any atom is -0.381 e. The van der Waals surface area contributed by atoms with E-state index in [1.807, 2.05) is 0 Å². The quantitative estimate of drug-likeness (QED) is 0.451. The Bertz CT molecular complexity index is 1400. The van der Waals surface area contributed by atoms with Gasteiger partial charge in [0.2, 0.25) is 0 Å². The van der Waals surface area contributed by atoms with Gasteiger partial charge in [0.25, 0.3) is 5.91 Å². The molecule has 0 aliphatic carbocycles. The second kappa shape index (κ2) is 10.5. The number of amides is 1. The van der Waals surface area contributed by atoms with E-state index < -0.39 is 0 Å². The van der Waals surface area contributed by atoms with Crippen LogP contribution < -0.4 is 10.2 Å². The highest BCUT2D eigenvalue weighted by Gasteiger charge is 2.48. The van der Waals surface area contributed by atoms with E-state index in [1.165, 1.54) is 24.0 Å². The lowest BCUT2D eigenvalue weighted by atomic mass is 9.68. The maximum atomic E-state index is 13.7. The lowest BCUT2D eigenvalue weighted by Gasteiger charge is -2.49. The van der Waals surface area contributed by atoms with E-state index in [4.69, 9.17) is 4.74 Å². The lowest BCUT2D eigenvalue weighted by molar-refractivity contribution is 0.00845. The highest BCUT2D eigenvalue weighted by molar-refractivity contribution is 6.02. The molecule has 1 spiro atoms. The van der Waals surface area contributed by atoms with Crippen molar-refractivity contribution in [3.8, 4) is 0 Å². The van der Waals surface area contributed by atoms with Gasteiger partial charge in [-0.05, 0) is 87.2 Å². The summed E-state index contributed by atoms with van der Waals surface area (Å²) in [6, 6.07) is 15.3. The van der Waals surface area contributed by atoms with Crippen molar-refractivity contribution in [2.24, 2.45) is 11.3 Å². The van der Waals surface area contributed by atoms with Gasteiger partial charge < -0.3 is 19.9 Å². The van der Waals surface area contributed by atoms with Gasteiger partial charge >= 0.3 is 0 Å². The number of benzene rings is 2. The van der Waals surface area contributed by atoms with Crippen molar-refractivity contribution in [2.45, 2.75) is 58.0 Å². The molecule has 0 saturated carbocycles. The molecule has 5 heterocycles. The van der Waals surface area contributed by atoms with Gasteiger partial charge in [0, 0.05) is 43.5 Å². The predicted octanol–water partition coefficient (Wildman–Crippen LogP) is 6.85. The number of anilines is 2. The summed E-state index contributed by atoms with van der Waals surface area (Å²) in [5, 5.41) is 3.52. The number of carbonyl (C=O) groups excluding carboxylic acids is 1. The second-order valence-electron chi connectivity index (χ2n) is 12.7. The normalized spacial score (nSPS) is 25.2. The molecule has 6 heteroatoms. The van der Waals surface area contributed by atoms with E-state index in [0.717, 1.165) is 99.1 Å². The zero-order chi connectivity index (χ0) is 28.1. The van der Waals surface area contributed by atoms with Crippen molar-refractivity contribution in [3.63, 3.8) is 0 Å². The first kappa shape index (κ1) is 26.5. The maximum absolute atomic E-state index is 13.7. The molecule has 2 aromatic carbocycles. The van der Waals surface area contributed by atoms with E-state index in [9.17, 15) is 4.79 Å². The zero-order valence-corrected chi connectivity index (χ0v) is 24.3. The number of allylic oxidation sites excluding steroid dienone is 2. The highest BCUT2D eigenvalue weighted by atomic mass is 16.5. The average molecular weight is 551 g/mol. The first-order valence-electron chi connectivity index (χ1n) is 15.4. The van der Waals surface area contributed by atoms with Crippen molar-refractivity contribution >= 4 is 17.3 Å². The molecular formula is C35H42N4O2. The molecule has 3 fully saturated rings. The van der Waals surface area contributed by atoms with Crippen LogP contribution in [-0.4, -0.2) is 48.6 Å². The highest BCUT2D eigenvalue weighted by Crippen LogP contribution is 2.54. The third-order valence-electron chi connectivity index (χ3n) is 10.4. The largest absolute Gasteiger partial charge is 0.381 e. The summed E-state index contributed by atoms with van der Waals surface area (Å²) in [5.41, 5.74) is 8.76. The number of hydrogen-bond donors (Lipinski definition) is 1. The molecule has 3 saturated heterocycles. The SMILES string of the molecule is C=C1Nc2cc3c(cc2N(C(=C)C2CCOCC2)/C1=C\C)C1CC2(CCN(Cc4ccccc4)CC2)CCN1C3=O. The van der Waals surface area contributed by atoms with Crippen molar-refractivity contribution in [1.29, 1.82) is 0 Å². The first-order chi connectivity index (χ1) is 20.0. The first-order valence-corrected chi connectivity index (χ1v) is 15.4. The Morgan fingerprint density at radius 3 is 2.56 bits per heavy atom. The monoisotopic (exact) mass is 550 g/mol. The van der Waals surface area contributed by atoms with Gasteiger partial charge in [-0.25, -0.2) is 0 Å². The number of ether oxygens (including phenoxy) is 1. The van der Waals surface area contributed by atoms with Crippen molar-refractivity contribution in [2.75, 3.05) is 43.1 Å². The van der Waals surface area contributed by atoms with E-state index >= 15 is 0 Å². The third-order valence-corrected chi connectivity index (χ3v) is 10.4. The molecule has 5 aliphatic rings. The fourth-order valence-electron chi connectivity index (χ4n) is 7.96. The van der Waals surface area contributed by atoms with Crippen LogP contribution in [0.4, 0.5) is 11.4 Å². The van der Waals surface area contributed by atoms with Gasteiger partial charge in [0.15, 0.2) is 0 Å². The smallest absolute Gasteiger partial charge is 0.254 e. The topological polar surface area (TPSA) is 48.1 Å². The molecule has 0 bridgehead atoms. The van der Waals surface area contributed by atoms with Crippen LogP contribution in [0.1, 0.15) is 73.0 Å². The van der Waals surface area contributed by atoms with Crippen LogP contribution in [0.15, 0.2) is 78.8 Å². The predicted molar refractivity (Wildman–Crippen MR) is 165 cm³/mol. The fraction of sp³-hybridized carbons (Fsp3) is 0.457. The fourth-order valence-corrected chi connectivity index (χ4v) is 7.96. The molecular weight excluding hydrogens is 508 g/mol. The molecule has 2 aromatic rings. The standard InChI is InChI=1S/C35H42N4O2/c1-4-31-24(2)36-30-20-29-28(21-32(30)39(31)25(3)27-10-18-41-19-11-27)33-22-35(14-17-38(33)34(29)40)12-15-37(16-13-35)23-26-8-6-5-7-9-26/h4-9,20-21,27,33,36H,2-3,10-19,22-23H2,1H3/b31-4-. The molecule has 41 heavy (non-hydrogen) atoms. The molecule has 1 N–H and O–H groups in total. The Labute approximate surface area is 244 Å². The summed E-state index contributed by atoms with van der Waals surface area (Å²) in [7, 11) is 0. The van der Waals surface area contributed by atoms with Crippen LogP contribution in [0, 0.1) is 11.3 Å². The minimum atomic E-state index is 0.148. The maximum Gasteiger partial charge on any atom is 0.254 e. The number of carbonyl (C=O) groups is 1. The minimum absolute atomic E-state index is 0.148. The summed E-state index contributed by atoms with van der Waals surface area (Å²) in [5.74, 6) is 0.547. The molecule has 1 unspecified atom stereocenters. The number of likely N-dealkylation sites (tertiary alicyclic amines) is 1.